The first kappa shape index (κ1) is 13.3. The van der Waals surface area contributed by atoms with Crippen LogP contribution in [0.2, 0.25) is 0 Å². The van der Waals surface area contributed by atoms with E-state index in [1.54, 1.807) is 0 Å². The molecule has 2 aliphatic heterocycles. The number of fused-ring (bicyclic) bond motifs is 2. The minimum absolute atomic E-state index is 0.0144. The molecule has 104 valence electrons. The van der Waals surface area contributed by atoms with Gasteiger partial charge in [-0.25, -0.2) is 4.39 Å². The Morgan fingerprint density at radius 2 is 1.95 bits per heavy atom. The molecule has 1 aromatic carbocycles. The third-order valence-electron chi connectivity index (χ3n) is 4.40. The molecule has 0 aliphatic carbocycles. The van der Waals surface area contributed by atoms with E-state index in [4.69, 9.17) is 5.26 Å². The third-order valence-corrected chi connectivity index (χ3v) is 4.40. The SMILES string of the molecule is N#Cc1cc(F)cc(C(=O)C2CC3CCCC(C2)N3)c1. The fraction of sp³-hybridized carbons (Fsp3) is 0.500. The highest BCUT2D eigenvalue weighted by molar-refractivity contribution is 5.98. The summed E-state index contributed by atoms with van der Waals surface area (Å²) in [6.45, 7) is 0. The van der Waals surface area contributed by atoms with Crippen LogP contribution in [-0.2, 0) is 0 Å². The number of hydrogen-bond acceptors (Lipinski definition) is 3. The molecule has 4 heteroatoms. The Morgan fingerprint density at radius 3 is 2.60 bits per heavy atom. The number of rotatable bonds is 2. The molecule has 0 spiro atoms. The van der Waals surface area contributed by atoms with Crippen LogP contribution in [0.25, 0.3) is 0 Å². The maximum absolute atomic E-state index is 13.5. The molecule has 0 amide bonds. The highest BCUT2D eigenvalue weighted by atomic mass is 19.1. The standard InChI is InChI=1S/C16H17FN2O/c17-13-5-10(9-18)4-11(6-13)16(20)12-7-14-2-1-3-15(8-12)19-14/h4-6,12,14-15,19H,1-3,7-8H2. The van der Waals surface area contributed by atoms with E-state index in [9.17, 15) is 9.18 Å². The van der Waals surface area contributed by atoms with Gasteiger partial charge in [0.25, 0.3) is 0 Å². The van der Waals surface area contributed by atoms with Crippen LogP contribution in [0.3, 0.4) is 0 Å². The Balaban J connectivity index is 1.82. The van der Waals surface area contributed by atoms with Crippen molar-refractivity contribution in [2.45, 2.75) is 44.2 Å². The number of ketones is 1. The summed E-state index contributed by atoms with van der Waals surface area (Å²) < 4.78 is 13.5. The van der Waals surface area contributed by atoms with Crippen LogP contribution in [0.15, 0.2) is 18.2 Å². The first-order valence-electron chi connectivity index (χ1n) is 7.16. The van der Waals surface area contributed by atoms with Crippen molar-refractivity contribution in [1.29, 1.82) is 5.26 Å². The maximum Gasteiger partial charge on any atom is 0.166 e. The van der Waals surface area contributed by atoms with E-state index in [2.05, 4.69) is 5.32 Å². The van der Waals surface area contributed by atoms with Gasteiger partial charge in [-0.15, -0.1) is 0 Å². The summed E-state index contributed by atoms with van der Waals surface area (Å²) in [6, 6.07) is 6.65. The zero-order valence-electron chi connectivity index (χ0n) is 11.2. The van der Waals surface area contributed by atoms with E-state index in [1.807, 2.05) is 6.07 Å². The third kappa shape index (κ3) is 2.59. The van der Waals surface area contributed by atoms with Crippen LogP contribution < -0.4 is 5.32 Å². The number of Topliss-reactive ketones (excluding diaryl/α,β-unsaturated/α-hetero) is 1. The number of halogens is 1. The topological polar surface area (TPSA) is 52.9 Å². The average molecular weight is 272 g/mol. The molecule has 2 heterocycles. The summed E-state index contributed by atoms with van der Waals surface area (Å²) in [7, 11) is 0. The highest BCUT2D eigenvalue weighted by Crippen LogP contribution is 2.32. The van der Waals surface area contributed by atoms with Gasteiger partial charge in [-0.2, -0.15) is 5.26 Å². The summed E-state index contributed by atoms with van der Waals surface area (Å²) in [4.78, 5) is 12.5. The van der Waals surface area contributed by atoms with Gasteiger partial charge in [0.1, 0.15) is 5.82 Å². The molecular formula is C16H17FN2O. The lowest BCUT2D eigenvalue weighted by atomic mass is 9.77. The molecule has 2 atom stereocenters. The van der Waals surface area contributed by atoms with Crippen LogP contribution in [0, 0.1) is 23.1 Å². The predicted octanol–water partition coefficient (Wildman–Crippen LogP) is 2.80. The second-order valence-corrected chi connectivity index (χ2v) is 5.86. The molecule has 2 aliphatic rings. The van der Waals surface area contributed by atoms with Crippen molar-refractivity contribution in [3.63, 3.8) is 0 Å². The number of nitriles is 1. The molecule has 0 aromatic heterocycles. The lowest BCUT2D eigenvalue weighted by molar-refractivity contribution is 0.0824. The van der Waals surface area contributed by atoms with Crippen molar-refractivity contribution in [3.05, 3.63) is 35.1 Å². The second kappa shape index (κ2) is 5.34. The van der Waals surface area contributed by atoms with E-state index >= 15 is 0 Å². The summed E-state index contributed by atoms with van der Waals surface area (Å²) in [5, 5.41) is 12.4. The quantitative estimate of drug-likeness (QED) is 0.842. The Bertz CT molecular complexity index is 566. The number of carbonyl (C=O) groups is 1. The lowest BCUT2D eigenvalue weighted by Crippen LogP contribution is -2.50. The van der Waals surface area contributed by atoms with Gasteiger partial charge < -0.3 is 5.32 Å². The van der Waals surface area contributed by atoms with Crippen molar-refractivity contribution in [3.8, 4) is 6.07 Å². The molecule has 3 rings (SSSR count). The van der Waals surface area contributed by atoms with E-state index in [1.165, 1.54) is 18.6 Å². The van der Waals surface area contributed by atoms with Crippen LogP contribution in [0.5, 0.6) is 0 Å². The molecule has 2 unspecified atom stereocenters. The maximum atomic E-state index is 13.5. The molecule has 0 radical (unpaired) electrons. The van der Waals surface area contributed by atoms with Crippen molar-refractivity contribution in [1.82, 2.24) is 5.32 Å². The predicted molar refractivity (Wildman–Crippen MR) is 72.7 cm³/mol. The van der Waals surface area contributed by atoms with Gasteiger partial charge in [0.2, 0.25) is 0 Å². The molecule has 2 saturated heterocycles. The van der Waals surface area contributed by atoms with Crippen molar-refractivity contribution < 1.29 is 9.18 Å². The molecule has 3 nitrogen and oxygen atoms in total. The molecule has 1 aromatic rings. The van der Waals surface area contributed by atoms with Gasteiger partial charge in [0, 0.05) is 23.6 Å². The Labute approximate surface area is 117 Å². The van der Waals surface area contributed by atoms with Crippen LogP contribution in [0.1, 0.15) is 48.0 Å². The lowest BCUT2D eigenvalue weighted by Gasteiger charge is -2.39. The summed E-state index contributed by atoms with van der Waals surface area (Å²) in [6.07, 6.45) is 5.11. The Kier molecular flexibility index (Phi) is 3.54. The summed E-state index contributed by atoms with van der Waals surface area (Å²) in [5.74, 6) is -0.569. The molecule has 2 bridgehead atoms. The van der Waals surface area contributed by atoms with Gasteiger partial charge in [-0.05, 0) is 43.9 Å². The minimum Gasteiger partial charge on any atom is -0.311 e. The zero-order chi connectivity index (χ0) is 14.1. The summed E-state index contributed by atoms with van der Waals surface area (Å²) >= 11 is 0. The van der Waals surface area contributed by atoms with Gasteiger partial charge >= 0.3 is 0 Å². The molecule has 20 heavy (non-hydrogen) atoms. The molecule has 2 fully saturated rings. The minimum atomic E-state index is -0.512. The highest BCUT2D eigenvalue weighted by Gasteiger charge is 2.35. The molecule has 1 N–H and O–H groups in total. The Morgan fingerprint density at radius 1 is 1.25 bits per heavy atom. The van der Waals surface area contributed by atoms with Crippen molar-refractivity contribution in [2.24, 2.45) is 5.92 Å². The van der Waals surface area contributed by atoms with Gasteiger partial charge in [-0.3, -0.25) is 4.79 Å². The number of piperidine rings is 2. The second-order valence-electron chi connectivity index (χ2n) is 5.86. The first-order chi connectivity index (χ1) is 9.65. The van der Waals surface area contributed by atoms with Gasteiger partial charge in [0.05, 0.1) is 11.6 Å². The number of nitrogens with zero attached hydrogens (tertiary/aromatic N) is 1. The van der Waals surface area contributed by atoms with Gasteiger partial charge in [-0.1, -0.05) is 6.42 Å². The monoisotopic (exact) mass is 272 g/mol. The van der Waals surface area contributed by atoms with Gasteiger partial charge in [0.15, 0.2) is 5.78 Å². The largest absolute Gasteiger partial charge is 0.311 e. The van der Waals surface area contributed by atoms with Crippen LogP contribution >= 0.6 is 0 Å². The molecule has 0 saturated carbocycles. The van der Waals surface area contributed by atoms with Crippen molar-refractivity contribution >= 4 is 5.78 Å². The number of nitrogens with one attached hydrogen (secondary N) is 1. The van der Waals surface area contributed by atoms with E-state index in [0.29, 0.717) is 17.6 Å². The van der Waals surface area contributed by atoms with E-state index in [0.717, 1.165) is 31.7 Å². The normalized spacial score (nSPS) is 28.7. The van der Waals surface area contributed by atoms with E-state index in [-0.39, 0.29) is 17.3 Å². The summed E-state index contributed by atoms with van der Waals surface area (Å²) in [5.41, 5.74) is 0.550. The fourth-order valence-electron chi connectivity index (χ4n) is 3.51. The molecular weight excluding hydrogens is 255 g/mol. The smallest absolute Gasteiger partial charge is 0.166 e. The van der Waals surface area contributed by atoms with Crippen LogP contribution in [0.4, 0.5) is 4.39 Å². The zero-order valence-corrected chi connectivity index (χ0v) is 11.2. The Hall–Kier alpha value is -1.73. The number of hydrogen-bond donors (Lipinski definition) is 1. The van der Waals surface area contributed by atoms with Crippen molar-refractivity contribution in [2.75, 3.05) is 0 Å². The first-order valence-corrected chi connectivity index (χ1v) is 7.16. The average Bonchev–Trinajstić information content (AvgIpc) is 2.45. The fourth-order valence-corrected chi connectivity index (χ4v) is 3.51. The number of benzene rings is 1. The number of carbonyl (C=O) groups excluding carboxylic acids is 1. The van der Waals surface area contributed by atoms with Crippen LogP contribution in [-0.4, -0.2) is 17.9 Å². The van der Waals surface area contributed by atoms with E-state index < -0.39 is 5.82 Å².